The lowest BCUT2D eigenvalue weighted by atomic mass is 9.97. The number of carbonyl (C=O) groups is 1. The predicted octanol–water partition coefficient (Wildman–Crippen LogP) is 3.48. The quantitative estimate of drug-likeness (QED) is 0.576. The van der Waals surface area contributed by atoms with E-state index in [2.05, 4.69) is 6.08 Å². The molecule has 0 aromatic heterocycles. The normalized spacial score (nSPS) is 24.6. The highest BCUT2D eigenvalue weighted by atomic mass is 16.7. The molecular formula is C17H29NO4. The molecule has 126 valence electrons. The molecule has 0 saturated carbocycles. The summed E-state index contributed by atoms with van der Waals surface area (Å²) >= 11 is 0. The van der Waals surface area contributed by atoms with Gasteiger partial charge < -0.3 is 14.2 Å². The first-order chi connectivity index (χ1) is 10.3. The highest BCUT2D eigenvalue weighted by Crippen LogP contribution is 2.37. The molecule has 2 heterocycles. The molecule has 2 rings (SSSR count). The van der Waals surface area contributed by atoms with Gasteiger partial charge in [-0.25, -0.2) is 4.79 Å². The van der Waals surface area contributed by atoms with E-state index in [0.717, 1.165) is 32.1 Å². The van der Waals surface area contributed by atoms with Crippen molar-refractivity contribution in [1.29, 1.82) is 0 Å². The Hall–Kier alpha value is -1.07. The summed E-state index contributed by atoms with van der Waals surface area (Å²) < 4.78 is 16.0. The fourth-order valence-electron chi connectivity index (χ4n) is 3.34. The number of nitrogens with zero attached hydrogens (tertiary/aromatic N) is 1. The van der Waals surface area contributed by atoms with Crippen molar-refractivity contribution in [2.24, 2.45) is 0 Å². The minimum Gasteiger partial charge on any atom is -0.444 e. The van der Waals surface area contributed by atoms with Crippen LogP contribution in [0.5, 0.6) is 0 Å². The highest BCUT2D eigenvalue weighted by Gasteiger charge is 2.41. The lowest BCUT2D eigenvalue weighted by molar-refractivity contribution is -0.105. The van der Waals surface area contributed by atoms with E-state index in [1.165, 1.54) is 5.57 Å². The van der Waals surface area contributed by atoms with Crippen LogP contribution in [0.3, 0.4) is 0 Å². The van der Waals surface area contributed by atoms with Gasteiger partial charge in [0.15, 0.2) is 6.29 Å². The molecule has 2 aliphatic rings. The molecule has 2 aliphatic heterocycles. The molecule has 2 bridgehead atoms. The zero-order valence-electron chi connectivity index (χ0n) is 14.4. The Morgan fingerprint density at radius 3 is 2.55 bits per heavy atom. The monoisotopic (exact) mass is 311 g/mol. The van der Waals surface area contributed by atoms with Crippen molar-refractivity contribution in [2.45, 2.75) is 76.9 Å². The van der Waals surface area contributed by atoms with Crippen LogP contribution in [-0.2, 0) is 14.2 Å². The Balaban J connectivity index is 1.96. The van der Waals surface area contributed by atoms with Crippen molar-refractivity contribution in [2.75, 3.05) is 14.2 Å². The molecule has 1 fully saturated rings. The average Bonchev–Trinajstić information content (AvgIpc) is 2.70. The summed E-state index contributed by atoms with van der Waals surface area (Å²) in [6.07, 6.45) is 6.76. The van der Waals surface area contributed by atoms with Crippen LogP contribution < -0.4 is 0 Å². The third kappa shape index (κ3) is 4.23. The molecular weight excluding hydrogens is 282 g/mol. The van der Waals surface area contributed by atoms with Gasteiger partial charge in [0.2, 0.25) is 0 Å². The summed E-state index contributed by atoms with van der Waals surface area (Å²) in [4.78, 5) is 14.3. The molecule has 0 aromatic carbocycles. The van der Waals surface area contributed by atoms with E-state index in [4.69, 9.17) is 14.2 Å². The fourth-order valence-corrected chi connectivity index (χ4v) is 3.34. The van der Waals surface area contributed by atoms with Crippen molar-refractivity contribution in [3.63, 3.8) is 0 Å². The number of amides is 1. The summed E-state index contributed by atoms with van der Waals surface area (Å²) in [5, 5.41) is 0. The predicted molar refractivity (Wildman–Crippen MR) is 84.6 cm³/mol. The number of rotatable bonds is 5. The topological polar surface area (TPSA) is 48.0 Å². The lowest BCUT2D eigenvalue weighted by Crippen LogP contribution is -2.45. The van der Waals surface area contributed by atoms with Gasteiger partial charge >= 0.3 is 6.09 Å². The zero-order chi connectivity index (χ0) is 16.3. The van der Waals surface area contributed by atoms with Gasteiger partial charge in [-0.2, -0.15) is 0 Å². The molecule has 2 atom stereocenters. The molecule has 0 spiro atoms. The minimum atomic E-state index is -0.440. The van der Waals surface area contributed by atoms with Gasteiger partial charge in [0.1, 0.15) is 5.60 Å². The molecule has 0 radical (unpaired) electrons. The van der Waals surface area contributed by atoms with Gasteiger partial charge in [0, 0.05) is 26.7 Å². The molecule has 1 saturated heterocycles. The zero-order valence-corrected chi connectivity index (χ0v) is 14.4. The van der Waals surface area contributed by atoms with Crippen molar-refractivity contribution in [1.82, 2.24) is 4.90 Å². The van der Waals surface area contributed by atoms with Gasteiger partial charge in [0.25, 0.3) is 0 Å². The largest absolute Gasteiger partial charge is 0.444 e. The summed E-state index contributed by atoms with van der Waals surface area (Å²) in [5.41, 5.74) is 0.969. The SMILES string of the molecule is COC(CCC1=CC2CCC(C1)N2C(=O)OC(C)(C)C)OC. The Morgan fingerprint density at radius 1 is 1.32 bits per heavy atom. The third-order valence-corrected chi connectivity index (χ3v) is 4.30. The van der Waals surface area contributed by atoms with Crippen molar-refractivity contribution in [3.8, 4) is 0 Å². The van der Waals surface area contributed by atoms with Crippen LogP contribution >= 0.6 is 0 Å². The van der Waals surface area contributed by atoms with Gasteiger partial charge in [0.05, 0.1) is 6.04 Å². The van der Waals surface area contributed by atoms with Crippen molar-refractivity contribution < 1.29 is 19.0 Å². The van der Waals surface area contributed by atoms with E-state index in [0.29, 0.717) is 0 Å². The molecule has 2 unspecified atom stereocenters. The first-order valence-corrected chi connectivity index (χ1v) is 8.10. The molecule has 5 nitrogen and oxygen atoms in total. The number of methoxy groups -OCH3 is 2. The van der Waals surface area contributed by atoms with Crippen LogP contribution in [0.15, 0.2) is 11.6 Å². The molecule has 0 N–H and O–H groups in total. The van der Waals surface area contributed by atoms with Crippen molar-refractivity contribution in [3.05, 3.63) is 11.6 Å². The van der Waals surface area contributed by atoms with Gasteiger partial charge in [-0.15, -0.1) is 0 Å². The first kappa shape index (κ1) is 17.3. The van der Waals surface area contributed by atoms with E-state index in [-0.39, 0.29) is 24.5 Å². The van der Waals surface area contributed by atoms with E-state index >= 15 is 0 Å². The summed E-state index contributed by atoms with van der Waals surface area (Å²) in [6, 6.07) is 0.468. The van der Waals surface area contributed by atoms with Crippen LogP contribution in [-0.4, -0.2) is 49.2 Å². The van der Waals surface area contributed by atoms with Crippen LogP contribution in [0.25, 0.3) is 0 Å². The third-order valence-electron chi connectivity index (χ3n) is 4.30. The lowest BCUT2D eigenvalue weighted by Gasteiger charge is -2.35. The highest BCUT2D eigenvalue weighted by molar-refractivity contribution is 5.70. The number of carbonyl (C=O) groups excluding carboxylic acids is 1. The van der Waals surface area contributed by atoms with Crippen LogP contribution in [0, 0.1) is 0 Å². The Kier molecular flexibility index (Phi) is 5.50. The smallest absolute Gasteiger partial charge is 0.411 e. The number of hydrogen-bond acceptors (Lipinski definition) is 4. The van der Waals surface area contributed by atoms with E-state index < -0.39 is 5.60 Å². The number of fused-ring (bicyclic) bond motifs is 2. The summed E-state index contributed by atoms with van der Waals surface area (Å²) in [7, 11) is 3.33. The second-order valence-corrected chi connectivity index (χ2v) is 7.15. The maximum Gasteiger partial charge on any atom is 0.411 e. The molecule has 1 amide bonds. The summed E-state index contributed by atoms with van der Waals surface area (Å²) in [5.74, 6) is 0. The Labute approximate surface area is 133 Å². The fraction of sp³-hybridized carbons (Fsp3) is 0.824. The standard InChI is InChI=1S/C17H29NO4/c1-17(2,3)22-16(19)18-13-7-8-14(18)11-12(10-13)6-9-15(20-4)21-5/h10,13-15H,6-9,11H2,1-5H3. The maximum atomic E-state index is 12.4. The van der Waals surface area contributed by atoms with Crippen LogP contribution in [0.1, 0.15) is 52.9 Å². The second-order valence-electron chi connectivity index (χ2n) is 7.15. The minimum absolute atomic E-state index is 0.151. The maximum absolute atomic E-state index is 12.4. The molecule has 0 aliphatic carbocycles. The summed E-state index contributed by atoms with van der Waals surface area (Å²) in [6.45, 7) is 5.73. The van der Waals surface area contributed by atoms with Gasteiger partial charge in [-0.05, 0) is 46.5 Å². The Bertz CT molecular complexity index is 423. The molecule has 22 heavy (non-hydrogen) atoms. The van der Waals surface area contributed by atoms with E-state index in [1.807, 2.05) is 25.7 Å². The number of hydrogen-bond donors (Lipinski definition) is 0. The van der Waals surface area contributed by atoms with Crippen LogP contribution in [0.2, 0.25) is 0 Å². The molecule has 5 heteroatoms. The number of ether oxygens (including phenoxy) is 3. The Morgan fingerprint density at radius 2 is 2.00 bits per heavy atom. The van der Waals surface area contributed by atoms with Crippen molar-refractivity contribution >= 4 is 6.09 Å². The molecule has 0 aromatic rings. The first-order valence-electron chi connectivity index (χ1n) is 8.10. The average molecular weight is 311 g/mol. The second kappa shape index (κ2) is 7.01. The van der Waals surface area contributed by atoms with E-state index in [9.17, 15) is 4.79 Å². The van der Waals surface area contributed by atoms with E-state index in [1.54, 1.807) is 14.2 Å². The van der Waals surface area contributed by atoms with Gasteiger partial charge in [-0.1, -0.05) is 11.6 Å². The van der Waals surface area contributed by atoms with Gasteiger partial charge in [-0.3, -0.25) is 4.90 Å². The van der Waals surface area contributed by atoms with Crippen LogP contribution in [0.4, 0.5) is 4.79 Å².